The Labute approximate surface area is 203 Å². The van der Waals surface area contributed by atoms with E-state index in [9.17, 15) is 19.8 Å². The van der Waals surface area contributed by atoms with Crippen molar-refractivity contribution in [2.45, 2.75) is 128 Å². The Hall–Kier alpha value is -1.30. The molecule has 34 heavy (non-hydrogen) atoms. The lowest BCUT2D eigenvalue weighted by atomic mass is 10.1. The number of aliphatic hydroxyl groups excluding tert-OH is 2. The second-order valence-corrected chi connectivity index (χ2v) is 8.47. The lowest BCUT2D eigenvalue weighted by Gasteiger charge is -2.23. The van der Waals surface area contributed by atoms with E-state index in [1.165, 1.54) is 14.2 Å². The highest BCUT2D eigenvalue weighted by Gasteiger charge is 2.49. The van der Waals surface area contributed by atoms with Gasteiger partial charge in [-0.15, -0.1) is 0 Å². The van der Waals surface area contributed by atoms with Gasteiger partial charge in [0, 0.05) is 27.1 Å². The van der Waals surface area contributed by atoms with Gasteiger partial charge in [-0.05, 0) is 25.7 Å². The summed E-state index contributed by atoms with van der Waals surface area (Å²) >= 11 is 0. The summed E-state index contributed by atoms with van der Waals surface area (Å²) in [5.41, 5.74) is 0. The predicted octanol–water partition coefficient (Wildman–Crippen LogP) is 2.46. The first kappa shape index (κ1) is 30.7. The summed E-state index contributed by atoms with van der Waals surface area (Å²) in [7, 11) is 2.93. The normalized spacial score (nSPS) is 32.7. The molecule has 2 fully saturated rings. The number of ether oxygens (including phenoxy) is 6. The van der Waals surface area contributed by atoms with Crippen LogP contribution >= 0.6 is 0 Å². The molecule has 2 heterocycles. The zero-order valence-electron chi connectivity index (χ0n) is 21.4. The van der Waals surface area contributed by atoms with Crippen molar-refractivity contribution in [3.8, 4) is 0 Å². The Kier molecular flexibility index (Phi) is 14.8. The molecule has 0 aromatic carbocycles. The maximum atomic E-state index is 12.0. The van der Waals surface area contributed by atoms with Gasteiger partial charge in [-0.1, -0.05) is 40.5 Å². The number of carbonyl (C=O) groups excluding carboxylic acids is 2. The number of rotatable bonds is 12. The molecule has 0 saturated carbocycles. The molecule has 2 N–H and O–H groups in total. The molecule has 4 unspecified atom stereocenters. The molecule has 0 aromatic rings. The first-order valence-corrected chi connectivity index (χ1v) is 12.4. The molecule has 2 aliphatic heterocycles. The van der Waals surface area contributed by atoms with Gasteiger partial charge in [-0.3, -0.25) is 9.59 Å². The SMILES string of the molecule is CCC1OC(OC)[C@H](O)[C@@H]1O.CCCCC(=O)O[C@@H]1C(CC)OC(OC)[C@@H]1OC(=O)CCCC. The van der Waals surface area contributed by atoms with Crippen LogP contribution in [-0.4, -0.2) is 85.6 Å². The van der Waals surface area contributed by atoms with Crippen LogP contribution in [0.4, 0.5) is 0 Å². The van der Waals surface area contributed by atoms with Gasteiger partial charge in [0.1, 0.15) is 18.3 Å². The van der Waals surface area contributed by atoms with Gasteiger partial charge in [0.2, 0.25) is 0 Å². The molecule has 0 aromatic heterocycles. The van der Waals surface area contributed by atoms with Crippen molar-refractivity contribution in [3.63, 3.8) is 0 Å². The fourth-order valence-corrected chi connectivity index (χ4v) is 3.79. The molecule has 0 bridgehead atoms. The van der Waals surface area contributed by atoms with Crippen LogP contribution in [0.15, 0.2) is 0 Å². The Bertz CT molecular complexity index is 534. The lowest BCUT2D eigenvalue weighted by Crippen LogP contribution is -2.40. The third-order valence-electron chi connectivity index (χ3n) is 5.86. The highest BCUT2D eigenvalue weighted by molar-refractivity contribution is 5.70. The summed E-state index contributed by atoms with van der Waals surface area (Å²) in [5.74, 6) is -0.598. The maximum absolute atomic E-state index is 12.0. The van der Waals surface area contributed by atoms with Crippen LogP contribution in [0.5, 0.6) is 0 Å². The molecule has 0 amide bonds. The van der Waals surface area contributed by atoms with Gasteiger partial charge in [-0.2, -0.15) is 0 Å². The molecular formula is C24H44O10. The number of aliphatic hydroxyl groups is 2. The van der Waals surface area contributed by atoms with E-state index in [0.717, 1.165) is 25.7 Å². The number of carbonyl (C=O) groups is 2. The second kappa shape index (κ2) is 16.4. The van der Waals surface area contributed by atoms with E-state index in [0.29, 0.717) is 25.7 Å². The minimum absolute atomic E-state index is 0.287. The predicted molar refractivity (Wildman–Crippen MR) is 123 cm³/mol. The smallest absolute Gasteiger partial charge is 0.306 e. The summed E-state index contributed by atoms with van der Waals surface area (Å²) < 4.78 is 32.0. The summed E-state index contributed by atoms with van der Waals surface area (Å²) in [5, 5.41) is 18.6. The largest absolute Gasteiger partial charge is 0.455 e. The van der Waals surface area contributed by atoms with Gasteiger partial charge in [0.15, 0.2) is 24.8 Å². The lowest BCUT2D eigenvalue weighted by molar-refractivity contribution is -0.182. The van der Waals surface area contributed by atoms with E-state index in [1.54, 1.807) is 0 Å². The maximum Gasteiger partial charge on any atom is 0.306 e. The van der Waals surface area contributed by atoms with E-state index in [2.05, 4.69) is 0 Å². The molecule has 10 nitrogen and oxygen atoms in total. The van der Waals surface area contributed by atoms with Gasteiger partial charge < -0.3 is 38.6 Å². The highest BCUT2D eigenvalue weighted by atomic mass is 16.7. The zero-order chi connectivity index (χ0) is 25.7. The molecule has 0 radical (unpaired) electrons. The summed E-state index contributed by atoms with van der Waals surface area (Å²) in [6.45, 7) is 7.85. The molecule has 2 rings (SSSR count). The first-order chi connectivity index (χ1) is 16.3. The van der Waals surface area contributed by atoms with Crippen LogP contribution in [0.1, 0.15) is 79.1 Å². The van der Waals surface area contributed by atoms with Crippen molar-refractivity contribution < 1.29 is 48.2 Å². The van der Waals surface area contributed by atoms with Crippen LogP contribution in [0.2, 0.25) is 0 Å². The standard InChI is InChI=1S/C17H30O6.C7H14O4/c1-5-8-10-13(18)22-15-12(7-3)21-17(20-4)16(15)23-14(19)11-9-6-2;1-3-4-5(8)6(9)7(10-2)11-4/h12,15-17H,5-11H2,1-4H3;4-9H,3H2,1-2H3/t12?,15-,16-,17?;4?,5-,6-,7?/m11/s1. The van der Waals surface area contributed by atoms with Crippen LogP contribution < -0.4 is 0 Å². The number of unbranched alkanes of at least 4 members (excludes halogenated alkanes) is 2. The third kappa shape index (κ3) is 9.05. The first-order valence-electron chi connectivity index (χ1n) is 12.4. The minimum atomic E-state index is -0.912. The van der Waals surface area contributed by atoms with E-state index < -0.39 is 37.0 Å². The van der Waals surface area contributed by atoms with Gasteiger partial charge in [0.05, 0.1) is 6.10 Å². The van der Waals surface area contributed by atoms with Gasteiger partial charge in [0.25, 0.3) is 0 Å². The number of methoxy groups -OCH3 is 2. The van der Waals surface area contributed by atoms with E-state index in [-0.39, 0.29) is 24.1 Å². The fraction of sp³-hybridized carbons (Fsp3) is 0.917. The third-order valence-corrected chi connectivity index (χ3v) is 5.86. The van der Waals surface area contributed by atoms with Crippen LogP contribution in [0.25, 0.3) is 0 Å². The number of esters is 2. The molecule has 2 aliphatic rings. The van der Waals surface area contributed by atoms with Crippen molar-refractivity contribution in [1.29, 1.82) is 0 Å². The average molecular weight is 493 g/mol. The van der Waals surface area contributed by atoms with Crippen molar-refractivity contribution in [3.05, 3.63) is 0 Å². The number of hydrogen-bond donors (Lipinski definition) is 2. The van der Waals surface area contributed by atoms with Crippen LogP contribution in [0.3, 0.4) is 0 Å². The molecule has 10 heteroatoms. The Morgan fingerprint density at radius 1 is 0.706 bits per heavy atom. The summed E-state index contributed by atoms with van der Waals surface area (Å²) in [4.78, 5) is 23.9. The molecular weight excluding hydrogens is 448 g/mol. The quantitative estimate of drug-likeness (QED) is 0.392. The molecule has 200 valence electrons. The summed E-state index contributed by atoms with van der Waals surface area (Å²) in [6.07, 6.45) is 0.366. The molecule has 0 spiro atoms. The Morgan fingerprint density at radius 2 is 1.18 bits per heavy atom. The van der Waals surface area contributed by atoms with E-state index in [1.807, 2.05) is 27.7 Å². The number of hydrogen-bond acceptors (Lipinski definition) is 10. The Morgan fingerprint density at radius 3 is 1.56 bits per heavy atom. The highest BCUT2D eigenvalue weighted by Crippen LogP contribution is 2.30. The summed E-state index contributed by atoms with van der Waals surface area (Å²) in [6, 6.07) is 0. The van der Waals surface area contributed by atoms with Crippen molar-refractivity contribution in [2.24, 2.45) is 0 Å². The molecule has 0 aliphatic carbocycles. The van der Waals surface area contributed by atoms with Crippen molar-refractivity contribution in [1.82, 2.24) is 0 Å². The van der Waals surface area contributed by atoms with Crippen molar-refractivity contribution in [2.75, 3.05) is 14.2 Å². The van der Waals surface area contributed by atoms with E-state index in [4.69, 9.17) is 28.4 Å². The van der Waals surface area contributed by atoms with Gasteiger partial charge >= 0.3 is 11.9 Å². The monoisotopic (exact) mass is 492 g/mol. The average Bonchev–Trinajstić information content (AvgIpc) is 3.32. The zero-order valence-corrected chi connectivity index (χ0v) is 21.4. The minimum Gasteiger partial charge on any atom is -0.455 e. The van der Waals surface area contributed by atoms with Crippen molar-refractivity contribution >= 4 is 11.9 Å². The fourth-order valence-electron chi connectivity index (χ4n) is 3.79. The Balaban J connectivity index is 0.000000437. The topological polar surface area (TPSA) is 130 Å². The van der Waals surface area contributed by atoms with Crippen LogP contribution in [-0.2, 0) is 38.0 Å². The molecule has 8 atom stereocenters. The van der Waals surface area contributed by atoms with Gasteiger partial charge in [-0.25, -0.2) is 0 Å². The van der Waals surface area contributed by atoms with E-state index >= 15 is 0 Å². The second-order valence-electron chi connectivity index (χ2n) is 8.47. The van der Waals surface area contributed by atoms with Crippen LogP contribution in [0, 0.1) is 0 Å². The molecule has 2 saturated heterocycles.